The maximum absolute atomic E-state index is 12.0. The molecule has 2 unspecified atom stereocenters. The first kappa shape index (κ1) is 24.9. The number of aryl methyl sites for hydroxylation is 1. The summed E-state index contributed by atoms with van der Waals surface area (Å²) in [7, 11) is 0. The van der Waals surface area contributed by atoms with E-state index >= 15 is 0 Å². The Balaban J connectivity index is 1.41. The summed E-state index contributed by atoms with van der Waals surface area (Å²) < 4.78 is 42.9. The molecular weight excluding hydrogens is 568 g/mol. The van der Waals surface area contributed by atoms with Gasteiger partial charge in [-0.1, -0.05) is 59.3 Å². The number of halogens is 1. The van der Waals surface area contributed by atoms with Gasteiger partial charge in [0.2, 0.25) is 0 Å². The smallest absolute Gasteiger partial charge is 0.152 e. The molecule has 0 radical (unpaired) electrons. The summed E-state index contributed by atoms with van der Waals surface area (Å²) >= 11 is 0.789. The third-order valence-corrected chi connectivity index (χ3v) is 7.59. The van der Waals surface area contributed by atoms with E-state index in [-0.39, 0.29) is 0 Å². The third-order valence-electron chi connectivity index (χ3n) is 6.71. The van der Waals surface area contributed by atoms with Crippen LogP contribution in [0, 0.1) is 0 Å². The summed E-state index contributed by atoms with van der Waals surface area (Å²) in [5.41, 5.74) is 4.40. The van der Waals surface area contributed by atoms with Crippen LogP contribution in [0.1, 0.15) is 18.9 Å². The molecule has 4 aromatic carbocycles. The zero-order chi connectivity index (χ0) is 26.2. The number of fused-ring (bicyclic) bond motifs is 4. The first-order valence-corrected chi connectivity index (χ1v) is 14.1. The number of nitrogens with zero attached hydrogens (tertiary/aromatic N) is 2. The maximum Gasteiger partial charge on any atom is 0.152 e. The number of ether oxygens (including phenoxy) is 2. The van der Waals surface area contributed by atoms with Crippen molar-refractivity contribution in [1.82, 2.24) is 0 Å². The van der Waals surface area contributed by atoms with Crippen LogP contribution in [0.15, 0.2) is 89.4 Å². The summed E-state index contributed by atoms with van der Waals surface area (Å²) in [5.74, 6) is 2.77. The van der Waals surface area contributed by atoms with Crippen LogP contribution in [0.4, 0.5) is 22.7 Å². The van der Waals surface area contributed by atoms with Crippen LogP contribution in [0.2, 0.25) is 0 Å². The molecule has 9 heteroatoms. The van der Waals surface area contributed by atoms with Gasteiger partial charge >= 0.3 is 0 Å². The summed E-state index contributed by atoms with van der Waals surface area (Å²) in [6.07, 6.45) is 0.292. The fraction of sp³-hybridized carbons (Fsp3) is 0.172. The van der Waals surface area contributed by atoms with E-state index in [1.54, 1.807) is 0 Å². The lowest BCUT2D eigenvalue weighted by Crippen LogP contribution is -2.39. The highest BCUT2D eigenvalue weighted by Crippen LogP contribution is 2.51. The Hall–Kier alpha value is -3.37. The Labute approximate surface area is 232 Å². The van der Waals surface area contributed by atoms with Gasteiger partial charge in [-0.15, -0.1) is 0 Å². The van der Waals surface area contributed by atoms with Gasteiger partial charge in [0, 0.05) is 17.4 Å². The summed E-state index contributed by atoms with van der Waals surface area (Å²) in [4.78, 5) is 4.10. The van der Waals surface area contributed by atoms with E-state index in [0.717, 1.165) is 50.7 Å². The third kappa shape index (κ3) is 4.56. The quantitative estimate of drug-likeness (QED) is 0.203. The minimum atomic E-state index is -2.74. The van der Waals surface area contributed by atoms with E-state index < -0.39 is 17.6 Å². The van der Waals surface area contributed by atoms with Crippen molar-refractivity contribution in [2.75, 3.05) is 16.3 Å². The topological polar surface area (TPSA) is 74.3 Å². The average molecular weight is 592 g/mol. The second-order valence-electron chi connectivity index (χ2n) is 8.93. The first-order valence-electron chi connectivity index (χ1n) is 12.3. The Morgan fingerprint density at radius 2 is 1.53 bits per heavy atom. The highest BCUT2D eigenvalue weighted by atomic mass is 79.9. The molecular formula is C29H24BrN2O5S-. The van der Waals surface area contributed by atoms with Crippen molar-refractivity contribution in [1.29, 1.82) is 0 Å². The van der Waals surface area contributed by atoms with E-state index in [2.05, 4.69) is 27.8 Å². The van der Waals surface area contributed by atoms with E-state index in [4.69, 9.17) is 13.7 Å². The minimum absolute atomic E-state index is 0.365. The number of benzene rings is 4. The van der Waals surface area contributed by atoms with Crippen molar-refractivity contribution in [2.24, 2.45) is 0 Å². The molecule has 4 aromatic rings. The molecule has 0 amide bonds. The number of anilines is 4. The molecule has 0 saturated heterocycles. The van der Waals surface area contributed by atoms with Gasteiger partial charge in [-0.05, 0) is 60.5 Å². The fourth-order valence-electron chi connectivity index (χ4n) is 5.09. The van der Waals surface area contributed by atoms with Gasteiger partial charge in [0.05, 0.1) is 34.1 Å². The molecule has 0 saturated carbocycles. The van der Waals surface area contributed by atoms with Gasteiger partial charge in [0.15, 0.2) is 29.2 Å². The van der Waals surface area contributed by atoms with Crippen LogP contribution in [0.3, 0.4) is 0 Å². The second kappa shape index (κ2) is 10.4. The zero-order valence-corrected chi connectivity index (χ0v) is 22.9. The van der Waals surface area contributed by atoms with Crippen molar-refractivity contribution in [3.05, 3.63) is 95.0 Å². The zero-order valence-electron chi connectivity index (χ0n) is 20.5. The number of rotatable bonds is 7. The lowest BCUT2D eigenvalue weighted by molar-refractivity contribution is 0.196. The average Bonchev–Trinajstić information content (AvgIpc) is 2.92. The second-order valence-corrected chi connectivity index (χ2v) is 10.5. The molecule has 194 valence electrons. The van der Waals surface area contributed by atoms with Crippen LogP contribution in [-0.2, 0) is 22.0 Å². The van der Waals surface area contributed by atoms with Gasteiger partial charge in [-0.25, -0.2) is 4.21 Å². The standard InChI is InChI=1S/C29H25BrN2O5S/c1-2-19-8-7-13-26-29(19)32(23-10-4-6-12-25(23)35-26)28(37-38(33)34)16-17-31-21-9-3-5-11-24(21)36-27-18-20(30)14-15-22(27)31/h3-15,18,28H,2,16-17H2,1H3,(H,33,34)/p-1. The van der Waals surface area contributed by atoms with Crippen molar-refractivity contribution < 1.29 is 22.4 Å². The summed E-state index contributed by atoms with van der Waals surface area (Å²) in [6, 6.07) is 27.2. The molecule has 0 aromatic heterocycles. The van der Waals surface area contributed by atoms with Crippen molar-refractivity contribution in [3.63, 3.8) is 0 Å². The number of hydrogen-bond acceptors (Lipinski definition) is 7. The van der Waals surface area contributed by atoms with Crippen LogP contribution < -0.4 is 19.3 Å². The molecule has 0 aliphatic carbocycles. The van der Waals surface area contributed by atoms with Crippen LogP contribution in [-0.4, -0.2) is 21.5 Å². The largest absolute Gasteiger partial charge is 0.750 e. The molecule has 2 heterocycles. The van der Waals surface area contributed by atoms with Gasteiger partial charge in [-0.3, -0.25) is 4.18 Å². The normalized spacial score (nSPS) is 14.8. The maximum atomic E-state index is 12.0. The molecule has 0 bridgehead atoms. The Kier molecular flexibility index (Phi) is 6.84. The molecule has 7 nitrogen and oxygen atoms in total. The minimum Gasteiger partial charge on any atom is -0.750 e. The molecule has 2 aliphatic rings. The van der Waals surface area contributed by atoms with Gasteiger partial charge < -0.3 is 23.8 Å². The lowest BCUT2D eigenvalue weighted by atomic mass is 10.0. The van der Waals surface area contributed by atoms with Crippen LogP contribution in [0.25, 0.3) is 0 Å². The SMILES string of the molecule is CCc1cccc2c1N(C(CCN1c3ccccc3Oc3cc(Br)ccc31)OS(=O)[O-])c1ccccc1O2. The van der Waals surface area contributed by atoms with Gasteiger partial charge in [0.1, 0.15) is 0 Å². The molecule has 2 aliphatic heterocycles. The van der Waals surface area contributed by atoms with E-state index in [0.29, 0.717) is 24.5 Å². The van der Waals surface area contributed by atoms with E-state index in [9.17, 15) is 8.76 Å². The monoisotopic (exact) mass is 591 g/mol. The van der Waals surface area contributed by atoms with E-state index in [1.165, 1.54) is 0 Å². The predicted octanol–water partition coefficient (Wildman–Crippen LogP) is 7.73. The van der Waals surface area contributed by atoms with Crippen molar-refractivity contribution in [3.8, 4) is 23.0 Å². The van der Waals surface area contributed by atoms with E-state index in [1.807, 2.05) is 89.8 Å². The molecule has 38 heavy (non-hydrogen) atoms. The predicted molar refractivity (Wildman–Crippen MR) is 151 cm³/mol. The highest BCUT2D eigenvalue weighted by Gasteiger charge is 2.34. The molecule has 2 atom stereocenters. The Morgan fingerprint density at radius 1 is 0.868 bits per heavy atom. The summed E-state index contributed by atoms with van der Waals surface area (Å²) in [5, 5.41) is 0. The molecule has 6 rings (SSSR count). The molecule has 0 spiro atoms. The lowest BCUT2D eigenvalue weighted by Gasteiger charge is -2.40. The van der Waals surface area contributed by atoms with Crippen molar-refractivity contribution >= 4 is 50.0 Å². The molecule has 0 fully saturated rings. The first-order chi connectivity index (χ1) is 18.5. The fourth-order valence-corrected chi connectivity index (χ4v) is 5.79. The van der Waals surface area contributed by atoms with Gasteiger partial charge in [0.25, 0.3) is 0 Å². The highest BCUT2D eigenvalue weighted by molar-refractivity contribution is 9.10. The molecule has 0 N–H and O–H groups in total. The number of para-hydroxylation sites is 5. The van der Waals surface area contributed by atoms with Crippen LogP contribution in [0.5, 0.6) is 23.0 Å². The Morgan fingerprint density at radius 3 is 2.29 bits per heavy atom. The van der Waals surface area contributed by atoms with Crippen LogP contribution >= 0.6 is 15.9 Å². The van der Waals surface area contributed by atoms with Gasteiger partial charge in [-0.2, -0.15) is 0 Å². The Bertz CT molecular complexity index is 1530. The summed E-state index contributed by atoms with van der Waals surface area (Å²) in [6.45, 7) is 2.54. The number of hydrogen-bond donors (Lipinski definition) is 0. The van der Waals surface area contributed by atoms with Crippen molar-refractivity contribution in [2.45, 2.75) is 26.0 Å².